The fourth-order valence-corrected chi connectivity index (χ4v) is 1.80. The molecular weight excluding hydrogens is 210 g/mol. The van der Waals surface area contributed by atoms with Crippen LogP contribution in [0.15, 0.2) is 35.5 Å². The summed E-state index contributed by atoms with van der Waals surface area (Å²) in [4.78, 5) is 1.17. The van der Waals surface area contributed by atoms with Crippen molar-refractivity contribution in [3.63, 3.8) is 0 Å². The van der Waals surface area contributed by atoms with Gasteiger partial charge in [0.1, 0.15) is 12.9 Å². The molecule has 0 aliphatic heterocycles. The maximum atomic E-state index is 9.07. The first-order valence-corrected chi connectivity index (χ1v) is 5.72. The lowest BCUT2D eigenvalue weighted by Crippen LogP contribution is -1.99. The molecule has 0 fully saturated rings. The van der Waals surface area contributed by atoms with Crippen LogP contribution in [0.4, 0.5) is 0 Å². The second kappa shape index (κ2) is 4.46. The number of benzene rings is 1. The van der Waals surface area contributed by atoms with Crippen molar-refractivity contribution in [2.24, 2.45) is 0 Å². The van der Waals surface area contributed by atoms with Gasteiger partial charge in [-0.1, -0.05) is 6.07 Å². The molecular formula is C10H11N3OS. The highest BCUT2D eigenvalue weighted by Crippen LogP contribution is 2.18. The number of aromatic nitrogens is 3. The van der Waals surface area contributed by atoms with E-state index in [4.69, 9.17) is 5.11 Å². The number of hydrogen-bond donors (Lipinski definition) is 1. The summed E-state index contributed by atoms with van der Waals surface area (Å²) in [6, 6.07) is 8.01. The Hall–Kier alpha value is -1.33. The minimum atomic E-state index is -0.108. The van der Waals surface area contributed by atoms with Gasteiger partial charge >= 0.3 is 0 Å². The minimum absolute atomic E-state index is 0.108. The Kier molecular flexibility index (Phi) is 3.03. The Bertz CT molecular complexity index is 455. The van der Waals surface area contributed by atoms with Crippen molar-refractivity contribution < 1.29 is 5.11 Å². The van der Waals surface area contributed by atoms with Gasteiger partial charge in [-0.3, -0.25) is 4.57 Å². The van der Waals surface area contributed by atoms with Crippen LogP contribution in [0.25, 0.3) is 5.69 Å². The van der Waals surface area contributed by atoms with Gasteiger partial charge in [0.25, 0.3) is 0 Å². The lowest BCUT2D eigenvalue weighted by Gasteiger charge is -2.05. The van der Waals surface area contributed by atoms with Gasteiger partial charge in [-0.2, -0.15) is 0 Å². The molecule has 15 heavy (non-hydrogen) atoms. The first-order chi connectivity index (χ1) is 7.35. The largest absolute Gasteiger partial charge is 0.388 e. The number of hydrogen-bond acceptors (Lipinski definition) is 4. The van der Waals surface area contributed by atoms with Gasteiger partial charge in [0.15, 0.2) is 5.82 Å². The Morgan fingerprint density at radius 1 is 1.47 bits per heavy atom. The van der Waals surface area contributed by atoms with Crippen LogP contribution in [0.3, 0.4) is 0 Å². The van der Waals surface area contributed by atoms with Crippen LogP contribution in [0.1, 0.15) is 5.82 Å². The number of aliphatic hydroxyl groups excluding tert-OH is 1. The summed E-state index contributed by atoms with van der Waals surface area (Å²) >= 11 is 1.68. The third kappa shape index (κ3) is 2.03. The van der Waals surface area contributed by atoms with Crippen molar-refractivity contribution in [1.29, 1.82) is 0 Å². The van der Waals surface area contributed by atoms with Crippen LogP contribution in [0.5, 0.6) is 0 Å². The lowest BCUT2D eigenvalue weighted by molar-refractivity contribution is 0.269. The molecule has 5 heteroatoms. The van der Waals surface area contributed by atoms with Crippen molar-refractivity contribution >= 4 is 11.8 Å². The molecule has 1 aromatic carbocycles. The van der Waals surface area contributed by atoms with E-state index in [9.17, 15) is 0 Å². The summed E-state index contributed by atoms with van der Waals surface area (Å²) in [5, 5.41) is 16.7. The van der Waals surface area contributed by atoms with Crippen molar-refractivity contribution in [2.75, 3.05) is 6.26 Å². The molecule has 4 nitrogen and oxygen atoms in total. The van der Waals surface area contributed by atoms with Crippen LogP contribution < -0.4 is 0 Å². The predicted molar refractivity (Wildman–Crippen MR) is 59.1 cm³/mol. The third-order valence-corrected chi connectivity index (χ3v) is 2.82. The summed E-state index contributed by atoms with van der Waals surface area (Å²) < 4.78 is 1.78. The number of rotatable bonds is 3. The molecule has 0 aliphatic carbocycles. The second-order valence-electron chi connectivity index (χ2n) is 2.98. The van der Waals surface area contributed by atoms with E-state index in [1.807, 2.05) is 30.5 Å². The third-order valence-electron chi connectivity index (χ3n) is 2.09. The van der Waals surface area contributed by atoms with E-state index in [-0.39, 0.29) is 6.61 Å². The van der Waals surface area contributed by atoms with Gasteiger partial charge in [0, 0.05) is 10.6 Å². The highest BCUT2D eigenvalue weighted by atomic mass is 32.2. The fraction of sp³-hybridized carbons (Fsp3) is 0.200. The van der Waals surface area contributed by atoms with E-state index in [0.29, 0.717) is 5.82 Å². The summed E-state index contributed by atoms with van der Waals surface area (Å²) in [7, 11) is 0. The Labute approximate surface area is 92.0 Å². The summed E-state index contributed by atoms with van der Waals surface area (Å²) in [5.74, 6) is 0.549. The quantitative estimate of drug-likeness (QED) is 0.798. The maximum absolute atomic E-state index is 9.07. The van der Waals surface area contributed by atoms with Crippen molar-refractivity contribution in [1.82, 2.24) is 14.8 Å². The van der Waals surface area contributed by atoms with E-state index in [0.717, 1.165) is 5.69 Å². The van der Waals surface area contributed by atoms with Crippen molar-refractivity contribution in [3.05, 3.63) is 36.4 Å². The molecule has 0 amide bonds. The molecule has 0 saturated heterocycles. The molecule has 1 heterocycles. The van der Waals surface area contributed by atoms with Crippen LogP contribution in [0.2, 0.25) is 0 Å². The molecule has 2 aromatic rings. The van der Waals surface area contributed by atoms with Crippen molar-refractivity contribution in [2.45, 2.75) is 11.5 Å². The molecule has 0 bridgehead atoms. The van der Waals surface area contributed by atoms with Crippen molar-refractivity contribution in [3.8, 4) is 5.69 Å². The van der Waals surface area contributed by atoms with Gasteiger partial charge < -0.3 is 5.11 Å². The number of nitrogens with zero attached hydrogens (tertiary/aromatic N) is 3. The fourth-order valence-electron chi connectivity index (χ4n) is 1.34. The van der Waals surface area contributed by atoms with Gasteiger partial charge in [-0.25, -0.2) is 0 Å². The zero-order valence-corrected chi connectivity index (χ0v) is 9.11. The van der Waals surface area contributed by atoms with E-state index in [2.05, 4.69) is 10.2 Å². The van der Waals surface area contributed by atoms with E-state index in [1.165, 1.54) is 4.90 Å². The molecule has 0 aliphatic rings. The monoisotopic (exact) mass is 221 g/mol. The molecule has 0 radical (unpaired) electrons. The van der Waals surface area contributed by atoms with Gasteiger partial charge in [0.2, 0.25) is 0 Å². The first kappa shape index (κ1) is 10.2. The van der Waals surface area contributed by atoms with Gasteiger partial charge in [-0.15, -0.1) is 22.0 Å². The van der Waals surface area contributed by atoms with Crippen LogP contribution in [0, 0.1) is 0 Å². The number of thioether (sulfide) groups is 1. The smallest absolute Gasteiger partial charge is 0.163 e. The minimum Gasteiger partial charge on any atom is -0.388 e. The molecule has 1 aromatic heterocycles. The summed E-state index contributed by atoms with van der Waals surface area (Å²) in [6.07, 6.45) is 3.63. The highest BCUT2D eigenvalue weighted by Gasteiger charge is 2.04. The second-order valence-corrected chi connectivity index (χ2v) is 3.86. The molecule has 1 N–H and O–H groups in total. The van der Waals surface area contributed by atoms with Crippen LogP contribution in [-0.2, 0) is 6.61 Å². The topological polar surface area (TPSA) is 50.9 Å². The van der Waals surface area contributed by atoms with Crippen LogP contribution in [-0.4, -0.2) is 26.1 Å². The highest BCUT2D eigenvalue weighted by molar-refractivity contribution is 7.98. The van der Waals surface area contributed by atoms with Gasteiger partial charge in [-0.05, 0) is 24.5 Å². The molecule has 0 atom stereocenters. The zero-order chi connectivity index (χ0) is 10.7. The summed E-state index contributed by atoms with van der Waals surface area (Å²) in [6.45, 7) is -0.108. The molecule has 0 saturated carbocycles. The average molecular weight is 221 g/mol. The zero-order valence-electron chi connectivity index (χ0n) is 8.29. The normalized spacial score (nSPS) is 10.5. The van der Waals surface area contributed by atoms with E-state index < -0.39 is 0 Å². The Morgan fingerprint density at radius 2 is 2.33 bits per heavy atom. The SMILES string of the molecule is CSc1cccc(-n2cnnc2CO)c1. The maximum Gasteiger partial charge on any atom is 0.163 e. The Balaban J connectivity index is 2.44. The molecule has 0 unspecified atom stereocenters. The molecule has 78 valence electrons. The first-order valence-electron chi connectivity index (χ1n) is 4.49. The Morgan fingerprint density at radius 3 is 3.07 bits per heavy atom. The van der Waals surface area contributed by atoms with Gasteiger partial charge in [0.05, 0.1) is 0 Å². The summed E-state index contributed by atoms with van der Waals surface area (Å²) in [5.41, 5.74) is 0.968. The van der Waals surface area contributed by atoms with Crippen LogP contribution >= 0.6 is 11.8 Å². The van der Waals surface area contributed by atoms with E-state index in [1.54, 1.807) is 22.7 Å². The predicted octanol–water partition coefficient (Wildman–Crippen LogP) is 1.48. The lowest BCUT2D eigenvalue weighted by atomic mass is 10.3. The molecule has 2 rings (SSSR count). The molecule has 0 spiro atoms. The number of aliphatic hydroxyl groups is 1. The standard InChI is InChI=1S/C10H11N3OS/c1-15-9-4-2-3-8(5-9)13-7-11-12-10(13)6-14/h2-5,7,14H,6H2,1H3. The van der Waals surface area contributed by atoms with E-state index >= 15 is 0 Å². The average Bonchev–Trinajstić information content (AvgIpc) is 2.77.